The van der Waals surface area contributed by atoms with Gasteiger partial charge in [0, 0.05) is 26.2 Å². The van der Waals surface area contributed by atoms with Crippen LogP contribution in [0.25, 0.3) is 0 Å². The zero-order valence-corrected chi connectivity index (χ0v) is 14.2. The molecular formula is C15H21N5O3S. The second-order valence-electron chi connectivity index (χ2n) is 5.73. The summed E-state index contributed by atoms with van der Waals surface area (Å²) in [6, 6.07) is 9.24. The average molecular weight is 351 g/mol. The Bertz CT molecular complexity index is 754. The van der Waals surface area contributed by atoms with Gasteiger partial charge in [-0.2, -0.15) is 9.29 Å². The third-order valence-corrected chi connectivity index (χ3v) is 5.82. The first kappa shape index (κ1) is 17.0. The van der Waals surface area contributed by atoms with Gasteiger partial charge >= 0.3 is 0 Å². The minimum atomic E-state index is -3.29. The molecule has 1 aromatic heterocycles. The zero-order chi connectivity index (χ0) is 17.0. The number of hydrogen-bond acceptors (Lipinski definition) is 7. The van der Waals surface area contributed by atoms with Crippen molar-refractivity contribution in [3.8, 4) is 0 Å². The normalized spacial score (nSPS) is 17.2. The molecule has 130 valence electrons. The number of aromatic nitrogens is 2. The molecule has 9 heteroatoms. The fraction of sp³-hybridized carbons (Fsp3) is 0.467. The molecule has 2 aromatic rings. The monoisotopic (exact) mass is 351 g/mol. The summed E-state index contributed by atoms with van der Waals surface area (Å²) in [6.07, 6.45) is 0. The molecule has 0 atom stereocenters. The molecule has 24 heavy (non-hydrogen) atoms. The van der Waals surface area contributed by atoms with Crippen LogP contribution in [-0.4, -0.2) is 53.9 Å². The molecule has 8 nitrogen and oxygen atoms in total. The van der Waals surface area contributed by atoms with E-state index in [4.69, 9.17) is 10.3 Å². The first-order chi connectivity index (χ1) is 11.6. The molecule has 0 aliphatic carbocycles. The van der Waals surface area contributed by atoms with Crippen LogP contribution in [-0.2, 0) is 28.9 Å². The molecule has 1 aliphatic rings. The quantitative estimate of drug-likeness (QED) is 0.791. The fourth-order valence-electron chi connectivity index (χ4n) is 2.68. The van der Waals surface area contributed by atoms with Crippen LogP contribution >= 0.6 is 0 Å². The molecule has 1 aliphatic heterocycles. The highest BCUT2D eigenvalue weighted by molar-refractivity contribution is 7.88. The summed E-state index contributed by atoms with van der Waals surface area (Å²) in [5.41, 5.74) is 6.25. The van der Waals surface area contributed by atoms with Gasteiger partial charge in [0.15, 0.2) is 5.82 Å². The molecule has 0 spiro atoms. The van der Waals surface area contributed by atoms with Gasteiger partial charge in [-0.15, -0.1) is 0 Å². The number of rotatable bonds is 6. The zero-order valence-electron chi connectivity index (χ0n) is 13.3. The summed E-state index contributed by atoms with van der Waals surface area (Å²) in [4.78, 5) is 6.28. The van der Waals surface area contributed by atoms with Crippen LogP contribution in [0.3, 0.4) is 0 Å². The second kappa shape index (κ2) is 7.39. The van der Waals surface area contributed by atoms with Gasteiger partial charge in [-0.25, -0.2) is 8.42 Å². The summed E-state index contributed by atoms with van der Waals surface area (Å²) >= 11 is 0. The van der Waals surface area contributed by atoms with Crippen molar-refractivity contribution < 1.29 is 12.9 Å². The maximum absolute atomic E-state index is 12.5. The molecule has 0 saturated carbocycles. The largest absolute Gasteiger partial charge is 0.338 e. The summed E-state index contributed by atoms with van der Waals surface area (Å²) < 4.78 is 31.6. The van der Waals surface area contributed by atoms with Crippen molar-refractivity contribution in [3.05, 3.63) is 47.6 Å². The fourth-order valence-corrected chi connectivity index (χ4v) is 4.20. The van der Waals surface area contributed by atoms with Crippen molar-refractivity contribution in [2.45, 2.75) is 18.8 Å². The number of piperazine rings is 1. The summed E-state index contributed by atoms with van der Waals surface area (Å²) in [7, 11) is -3.29. The first-order valence-corrected chi connectivity index (χ1v) is 9.43. The Morgan fingerprint density at radius 1 is 1.12 bits per heavy atom. The molecule has 1 fully saturated rings. The minimum absolute atomic E-state index is 0.0402. The summed E-state index contributed by atoms with van der Waals surface area (Å²) in [6.45, 7) is 2.98. The average Bonchev–Trinajstić information content (AvgIpc) is 3.03. The first-order valence-electron chi connectivity index (χ1n) is 7.82. The lowest BCUT2D eigenvalue weighted by Gasteiger charge is -2.33. The number of nitrogens with two attached hydrogens (primary N) is 1. The lowest BCUT2D eigenvalue weighted by Crippen LogP contribution is -2.48. The SMILES string of the molecule is NCc1nc(CN2CCN(S(=O)(=O)Cc3ccccc3)CC2)no1. The van der Waals surface area contributed by atoms with Crippen molar-refractivity contribution in [1.29, 1.82) is 0 Å². The lowest BCUT2D eigenvalue weighted by atomic mass is 10.2. The topological polar surface area (TPSA) is 106 Å². The number of hydrogen-bond donors (Lipinski definition) is 1. The van der Waals surface area contributed by atoms with E-state index in [-0.39, 0.29) is 12.3 Å². The Hall–Kier alpha value is -1.81. The van der Waals surface area contributed by atoms with Gasteiger partial charge in [0.2, 0.25) is 15.9 Å². The second-order valence-corrected chi connectivity index (χ2v) is 7.69. The minimum Gasteiger partial charge on any atom is -0.338 e. The van der Waals surface area contributed by atoms with Crippen LogP contribution in [0.1, 0.15) is 17.3 Å². The Morgan fingerprint density at radius 3 is 2.46 bits per heavy atom. The van der Waals surface area contributed by atoms with Crippen LogP contribution in [0.4, 0.5) is 0 Å². The molecule has 1 aromatic carbocycles. The number of nitrogens with zero attached hydrogens (tertiary/aromatic N) is 4. The van der Waals surface area contributed by atoms with Crippen LogP contribution < -0.4 is 5.73 Å². The van der Waals surface area contributed by atoms with E-state index in [1.165, 1.54) is 0 Å². The Kier molecular flexibility index (Phi) is 5.24. The van der Waals surface area contributed by atoms with Crippen molar-refractivity contribution in [1.82, 2.24) is 19.3 Å². The van der Waals surface area contributed by atoms with E-state index in [9.17, 15) is 8.42 Å². The van der Waals surface area contributed by atoms with Gasteiger partial charge in [-0.1, -0.05) is 35.5 Å². The molecule has 0 radical (unpaired) electrons. The van der Waals surface area contributed by atoms with Crippen molar-refractivity contribution in [2.75, 3.05) is 26.2 Å². The van der Waals surface area contributed by atoms with E-state index in [0.29, 0.717) is 44.4 Å². The molecule has 2 N–H and O–H groups in total. The molecule has 0 bridgehead atoms. The van der Waals surface area contributed by atoms with E-state index in [1.807, 2.05) is 30.3 Å². The van der Waals surface area contributed by atoms with E-state index >= 15 is 0 Å². The van der Waals surface area contributed by atoms with Gasteiger partial charge in [0.05, 0.1) is 18.8 Å². The Balaban J connectivity index is 1.54. The van der Waals surface area contributed by atoms with E-state index in [0.717, 1.165) is 5.56 Å². The third kappa shape index (κ3) is 4.18. The Labute approximate surface area is 141 Å². The standard InChI is InChI=1S/C15H21N5O3S/c16-10-15-17-14(18-23-15)11-19-6-8-20(9-7-19)24(21,22)12-13-4-2-1-3-5-13/h1-5H,6-12,16H2. The highest BCUT2D eigenvalue weighted by Crippen LogP contribution is 2.14. The molecule has 3 rings (SSSR count). The third-order valence-electron chi connectivity index (χ3n) is 3.97. The molecule has 0 amide bonds. The smallest absolute Gasteiger partial charge is 0.240 e. The van der Waals surface area contributed by atoms with E-state index in [1.54, 1.807) is 4.31 Å². The molecule has 0 unspecified atom stereocenters. The van der Waals surface area contributed by atoms with E-state index < -0.39 is 10.0 Å². The van der Waals surface area contributed by atoms with Crippen molar-refractivity contribution in [2.24, 2.45) is 5.73 Å². The van der Waals surface area contributed by atoms with Gasteiger partial charge < -0.3 is 10.3 Å². The number of benzene rings is 1. The molecule has 2 heterocycles. The lowest BCUT2D eigenvalue weighted by molar-refractivity contribution is 0.176. The van der Waals surface area contributed by atoms with Crippen LogP contribution in [0.5, 0.6) is 0 Å². The highest BCUT2D eigenvalue weighted by atomic mass is 32.2. The highest BCUT2D eigenvalue weighted by Gasteiger charge is 2.27. The van der Waals surface area contributed by atoms with Gasteiger partial charge in [-0.05, 0) is 5.56 Å². The predicted octanol–water partition coefficient (Wildman–Crippen LogP) is 0.176. The maximum atomic E-state index is 12.5. The molecule has 1 saturated heterocycles. The van der Waals surface area contributed by atoms with Crippen LogP contribution in [0, 0.1) is 0 Å². The van der Waals surface area contributed by atoms with Gasteiger partial charge in [0.25, 0.3) is 0 Å². The van der Waals surface area contributed by atoms with Gasteiger partial charge in [0.1, 0.15) is 0 Å². The summed E-state index contributed by atoms with van der Waals surface area (Å²) in [5.74, 6) is 1.03. The summed E-state index contributed by atoms with van der Waals surface area (Å²) in [5, 5.41) is 3.87. The van der Waals surface area contributed by atoms with Crippen molar-refractivity contribution in [3.63, 3.8) is 0 Å². The maximum Gasteiger partial charge on any atom is 0.240 e. The van der Waals surface area contributed by atoms with Gasteiger partial charge in [-0.3, -0.25) is 4.90 Å². The van der Waals surface area contributed by atoms with Crippen LogP contribution in [0.15, 0.2) is 34.9 Å². The molecular weight excluding hydrogens is 330 g/mol. The number of sulfonamides is 1. The predicted molar refractivity (Wildman–Crippen MR) is 88.1 cm³/mol. The van der Waals surface area contributed by atoms with E-state index in [2.05, 4.69) is 15.0 Å². The Morgan fingerprint density at radius 2 is 1.83 bits per heavy atom. The van der Waals surface area contributed by atoms with Crippen molar-refractivity contribution >= 4 is 10.0 Å². The van der Waals surface area contributed by atoms with Crippen LogP contribution in [0.2, 0.25) is 0 Å².